The van der Waals surface area contributed by atoms with Crippen LogP contribution in [0.1, 0.15) is 50.7 Å². The lowest BCUT2D eigenvalue weighted by Crippen LogP contribution is -2.38. The molecule has 0 bridgehead atoms. The first-order valence-corrected chi connectivity index (χ1v) is 10.9. The van der Waals surface area contributed by atoms with E-state index < -0.39 is 11.9 Å². The summed E-state index contributed by atoms with van der Waals surface area (Å²) in [6.45, 7) is 6.25. The van der Waals surface area contributed by atoms with Gasteiger partial charge in [0.25, 0.3) is 0 Å². The number of nitrogens with one attached hydrogen (secondary N) is 1. The number of allylic oxidation sites excluding steroid dienone is 3. The summed E-state index contributed by atoms with van der Waals surface area (Å²) in [5.74, 6) is -0.164. The quantitative estimate of drug-likeness (QED) is 0.672. The van der Waals surface area contributed by atoms with Crippen LogP contribution in [-0.4, -0.2) is 18.9 Å². The molecule has 1 N–H and O–H groups in total. The van der Waals surface area contributed by atoms with Gasteiger partial charge in [-0.25, -0.2) is 4.79 Å². The third kappa shape index (κ3) is 4.33. The fourth-order valence-corrected chi connectivity index (χ4v) is 4.66. The lowest BCUT2D eigenvalue weighted by atomic mass is 9.68. The molecular formula is C27H29NO4. The van der Waals surface area contributed by atoms with Crippen molar-refractivity contribution in [2.45, 2.75) is 46.1 Å². The lowest BCUT2D eigenvalue weighted by molar-refractivity contribution is -0.140. The number of ketones is 1. The van der Waals surface area contributed by atoms with Crippen molar-refractivity contribution in [1.29, 1.82) is 0 Å². The molecule has 4 rings (SSSR count). The Balaban J connectivity index is 1.75. The van der Waals surface area contributed by atoms with E-state index in [0.29, 0.717) is 23.3 Å². The van der Waals surface area contributed by atoms with Crippen molar-refractivity contribution < 1.29 is 19.1 Å². The fraction of sp³-hybridized carbons (Fsp3) is 0.333. The summed E-state index contributed by atoms with van der Waals surface area (Å²) in [5, 5.41) is 3.37. The van der Waals surface area contributed by atoms with Crippen LogP contribution >= 0.6 is 0 Å². The zero-order chi connectivity index (χ0) is 22.9. The number of Topliss-reactive ketones (excluding diaryl/α,β-unsaturated/α-hetero) is 1. The smallest absolute Gasteiger partial charge is 0.337 e. The Hall–Kier alpha value is -3.34. The molecule has 166 valence electrons. The summed E-state index contributed by atoms with van der Waals surface area (Å²) in [6, 6.07) is 17.2. The molecule has 1 heterocycles. The minimum Gasteiger partial charge on any atom is -0.497 e. The number of carbonyl (C=O) groups excluding carboxylic acids is 2. The van der Waals surface area contributed by atoms with Gasteiger partial charge in [-0.05, 0) is 42.0 Å². The van der Waals surface area contributed by atoms with Gasteiger partial charge in [0, 0.05) is 29.3 Å². The molecule has 2 aromatic rings. The van der Waals surface area contributed by atoms with E-state index in [-0.39, 0.29) is 17.8 Å². The monoisotopic (exact) mass is 431 g/mol. The van der Waals surface area contributed by atoms with Crippen LogP contribution in [-0.2, 0) is 20.9 Å². The van der Waals surface area contributed by atoms with Crippen molar-refractivity contribution in [1.82, 2.24) is 5.32 Å². The minimum absolute atomic E-state index is 0.0671. The Labute approximate surface area is 189 Å². The highest BCUT2D eigenvalue weighted by atomic mass is 16.5. The second-order valence-electron chi connectivity index (χ2n) is 9.27. The normalized spacial score (nSPS) is 19.9. The van der Waals surface area contributed by atoms with Crippen LogP contribution in [0.3, 0.4) is 0 Å². The first-order valence-electron chi connectivity index (χ1n) is 10.9. The maximum atomic E-state index is 13.3. The Morgan fingerprint density at radius 1 is 1.09 bits per heavy atom. The summed E-state index contributed by atoms with van der Waals surface area (Å²) in [7, 11) is 1.61. The van der Waals surface area contributed by atoms with E-state index in [0.717, 1.165) is 28.9 Å². The third-order valence-electron chi connectivity index (χ3n) is 6.10. The summed E-state index contributed by atoms with van der Waals surface area (Å²) in [5.41, 5.74) is 4.38. The number of carbonyl (C=O) groups is 2. The Kier molecular flexibility index (Phi) is 5.92. The second-order valence-corrected chi connectivity index (χ2v) is 9.27. The molecule has 5 heteroatoms. The van der Waals surface area contributed by atoms with Crippen LogP contribution in [0.4, 0.5) is 0 Å². The first-order chi connectivity index (χ1) is 15.3. The van der Waals surface area contributed by atoms with E-state index in [1.807, 2.05) is 61.5 Å². The molecule has 0 spiro atoms. The first kappa shape index (κ1) is 21.9. The Morgan fingerprint density at radius 3 is 2.56 bits per heavy atom. The van der Waals surface area contributed by atoms with Gasteiger partial charge in [0.05, 0.1) is 12.7 Å². The van der Waals surface area contributed by atoms with E-state index in [4.69, 9.17) is 9.47 Å². The Morgan fingerprint density at radius 2 is 1.84 bits per heavy atom. The average Bonchev–Trinajstić information content (AvgIpc) is 2.76. The van der Waals surface area contributed by atoms with E-state index >= 15 is 0 Å². The predicted octanol–water partition coefficient (Wildman–Crippen LogP) is 5.04. The van der Waals surface area contributed by atoms with E-state index in [1.165, 1.54) is 0 Å². The summed E-state index contributed by atoms with van der Waals surface area (Å²) < 4.78 is 11.1. The van der Waals surface area contributed by atoms with Crippen molar-refractivity contribution in [2.75, 3.05) is 7.11 Å². The number of methoxy groups -OCH3 is 1. The van der Waals surface area contributed by atoms with Crippen LogP contribution in [0.5, 0.6) is 5.75 Å². The molecule has 1 atom stereocenters. The maximum absolute atomic E-state index is 13.3. The summed E-state index contributed by atoms with van der Waals surface area (Å²) >= 11 is 0. The topological polar surface area (TPSA) is 64.6 Å². The standard InChI is InChI=1S/C27H29NO4/c1-17-23(26(30)32-16-18-9-6-5-7-10-18)24(19-11-8-12-20(13-19)31-4)25-21(28-17)14-27(2,3)15-22(25)29/h5-13,24,28H,14-16H2,1-4H3. The van der Waals surface area contributed by atoms with Gasteiger partial charge < -0.3 is 14.8 Å². The van der Waals surface area contributed by atoms with Crippen LogP contribution in [0.2, 0.25) is 0 Å². The maximum Gasteiger partial charge on any atom is 0.337 e. The SMILES string of the molecule is COc1cccc(C2C(C(=O)OCc3ccccc3)=C(C)NC3=C2C(=O)CC(C)(C)C3)c1. The molecule has 1 aliphatic carbocycles. The minimum atomic E-state index is -0.492. The number of esters is 1. The number of hydrogen-bond donors (Lipinski definition) is 1. The molecule has 1 aliphatic heterocycles. The van der Waals surface area contributed by atoms with Crippen LogP contribution in [0.25, 0.3) is 0 Å². The summed E-state index contributed by atoms with van der Waals surface area (Å²) in [4.78, 5) is 26.7. The van der Waals surface area contributed by atoms with Crippen molar-refractivity contribution in [3.05, 3.63) is 88.3 Å². The summed E-state index contributed by atoms with van der Waals surface area (Å²) in [6.07, 6.45) is 1.19. The molecule has 1 unspecified atom stereocenters. The highest BCUT2D eigenvalue weighted by molar-refractivity contribution is 6.04. The van der Waals surface area contributed by atoms with E-state index in [2.05, 4.69) is 19.2 Å². The average molecular weight is 432 g/mol. The lowest BCUT2D eigenvalue weighted by Gasteiger charge is -2.39. The number of hydrogen-bond acceptors (Lipinski definition) is 5. The molecular weight excluding hydrogens is 402 g/mol. The zero-order valence-electron chi connectivity index (χ0n) is 19.0. The van der Waals surface area contributed by atoms with Crippen molar-refractivity contribution in [2.24, 2.45) is 5.41 Å². The fourth-order valence-electron chi connectivity index (χ4n) is 4.66. The van der Waals surface area contributed by atoms with Crippen molar-refractivity contribution in [3.63, 3.8) is 0 Å². The van der Waals surface area contributed by atoms with Gasteiger partial charge in [0.2, 0.25) is 0 Å². The zero-order valence-corrected chi connectivity index (χ0v) is 19.0. The molecule has 32 heavy (non-hydrogen) atoms. The van der Waals surface area contributed by atoms with Gasteiger partial charge >= 0.3 is 5.97 Å². The molecule has 0 saturated carbocycles. The van der Waals surface area contributed by atoms with E-state index in [1.54, 1.807) is 7.11 Å². The Bertz CT molecular complexity index is 1110. The number of benzene rings is 2. The van der Waals surface area contributed by atoms with Gasteiger partial charge in [0.1, 0.15) is 12.4 Å². The second kappa shape index (κ2) is 8.65. The third-order valence-corrected chi connectivity index (χ3v) is 6.10. The van der Waals surface area contributed by atoms with Crippen molar-refractivity contribution >= 4 is 11.8 Å². The molecule has 5 nitrogen and oxygen atoms in total. The number of ether oxygens (including phenoxy) is 2. The highest BCUT2D eigenvalue weighted by Crippen LogP contribution is 2.47. The largest absolute Gasteiger partial charge is 0.497 e. The number of rotatable bonds is 5. The van der Waals surface area contributed by atoms with Gasteiger partial charge in [-0.15, -0.1) is 0 Å². The molecule has 0 radical (unpaired) electrons. The van der Waals surface area contributed by atoms with Crippen LogP contribution < -0.4 is 10.1 Å². The van der Waals surface area contributed by atoms with Gasteiger partial charge in [-0.3, -0.25) is 4.79 Å². The predicted molar refractivity (Wildman–Crippen MR) is 123 cm³/mol. The van der Waals surface area contributed by atoms with Crippen molar-refractivity contribution in [3.8, 4) is 5.75 Å². The molecule has 0 saturated heterocycles. The molecule has 0 fully saturated rings. The van der Waals surface area contributed by atoms with Gasteiger partial charge in [-0.1, -0.05) is 56.3 Å². The highest BCUT2D eigenvalue weighted by Gasteiger charge is 2.43. The molecule has 0 aromatic heterocycles. The molecule has 2 aliphatic rings. The van der Waals surface area contributed by atoms with Gasteiger partial charge in [-0.2, -0.15) is 0 Å². The number of dihydropyridines is 1. The molecule has 2 aromatic carbocycles. The van der Waals surface area contributed by atoms with E-state index in [9.17, 15) is 9.59 Å². The molecule has 0 amide bonds. The van der Waals surface area contributed by atoms with Gasteiger partial charge in [0.15, 0.2) is 5.78 Å². The van der Waals surface area contributed by atoms with Crippen LogP contribution in [0.15, 0.2) is 77.1 Å². The van der Waals surface area contributed by atoms with Crippen LogP contribution in [0, 0.1) is 5.41 Å².